The van der Waals surface area contributed by atoms with Crippen LogP contribution in [0.25, 0.3) is 0 Å². The SMILES string of the molecule is CCC(OC(=O)OCc1ccc([N+](=O)[O-])cc1)[C@@H]1C(=O)N2[C@@H]1CCOC2(C)C. The highest BCUT2D eigenvalue weighted by Crippen LogP contribution is 2.42. The second-order valence-corrected chi connectivity index (χ2v) is 7.41. The molecule has 9 heteroatoms. The monoisotopic (exact) mass is 392 g/mol. The van der Waals surface area contributed by atoms with Crippen LogP contribution < -0.4 is 0 Å². The fourth-order valence-corrected chi connectivity index (χ4v) is 3.87. The van der Waals surface area contributed by atoms with Gasteiger partial charge in [-0.2, -0.15) is 0 Å². The van der Waals surface area contributed by atoms with E-state index in [1.165, 1.54) is 24.3 Å². The van der Waals surface area contributed by atoms with Gasteiger partial charge in [0, 0.05) is 12.1 Å². The van der Waals surface area contributed by atoms with Crippen molar-refractivity contribution in [2.24, 2.45) is 5.92 Å². The lowest BCUT2D eigenvalue weighted by Gasteiger charge is -2.58. The fourth-order valence-electron chi connectivity index (χ4n) is 3.87. The van der Waals surface area contributed by atoms with Crippen molar-refractivity contribution in [1.29, 1.82) is 0 Å². The minimum absolute atomic E-state index is 0.0105. The molecule has 1 amide bonds. The molecule has 2 aliphatic heterocycles. The van der Waals surface area contributed by atoms with Crippen LogP contribution in [0.1, 0.15) is 39.2 Å². The second kappa shape index (κ2) is 7.75. The van der Waals surface area contributed by atoms with Crippen LogP contribution in [0.15, 0.2) is 24.3 Å². The summed E-state index contributed by atoms with van der Waals surface area (Å²) in [5.74, 6) is -0.468. The Balaban J connectivity index is 1.55. The number of carbonyl (C=O) groups is 2. The number of non-ortho nitro benzene ring substituents is 1. The molecule has 0 bridgehead atoms. The third-order valence-electron chi connectivity index (χ3n) is 5.27. The Morgan fingerprint density at radius 1 is 1.39 bits per heavy atom. The molecule has 152 valence electrons. The average Bonchev–Trinajstić information content (AvgIpc) is 2.64. The van der Waals surface area contributed by atoms with Gasteiger partial charge < -0.3 is 19.1 Å². The molecule has 0 aliphatic carbocycles. The summed E-state index contributed by atoms with van der Waals surface area (Å²) in [7, 11) is 0. The van der Waals surface area contributed by atoms with Crippen molar-refractivity contribution in [2.45, 2.75) is 58.1 Å². The third-order valence-corrected chi connectivity index (χ3v) is 5.27. The van der Waals surface area contributed by atoms with Gasteiger partial charge in [0.1, 0.15) is 18.4 Å². The molecular formula is C19H24N2O7. The Hall–Kier alpha value is -2.68. The molecule has 2 aliphatic rings. The molecule has 0 spiro atoms. The number of ether oxygens (including phenoxy) is 3. The summed E-state index contributed by atoms with van der Waals surface area (Å²) in [6.45, 7) is 6.05. The van der Waals surface area contributed by atoms with Crippen LogP contribution in [0.2, 0.25) is 0 Å². The molecule has 28 heavy (non-hydrogen) atoms. The molecule has 9 nitrogen and oxygen atoms in total. The van der Waals surface area contributed by atoms with Gasteiger partial charge in [-0.3, -0.25) is 14.9 Å². The van der Waals surface area contributed by atoms with Gasteiger partial charge >= 0.3 is 6.16 Å². The van der Waals surface area contributed by atoms with E-state index in [0.29, 0.717) is 25.0 Å². The highest BCUT2D eigenvalue weighted by Gasteiger charge is 2.58. The zero-order valence-corrected chi connectivity index (χ0v) is 16.1. The van der Waals surface area contributed by atoms with Crippen LogP contribution in [0.5, 0.6) is 0 Å². The Morgan fingerprint density at radius 2 is 2.07 bits per heavy atom. The van der Waals surface area contributed by atoms with Gasteiger partial charge in [-0.25, -0.2) is 4.79 Å². The third kappa shape index (κ3) is 3.80. The number of hydrogen-bond donors (Lipinski definition) is 0. The van der Waals surface area contributed by atoms with Crippen LogP contribution >= 0.6 is 0 Å². The highest BCUT2D eigenvalue weighted by molar-refractivity contribution is 5.87. The van der Waals surface area contributed by atoms with Gasteiger partial charge in [0.05, 0.1) is 23.5 Å². The zero-order chi connectivity index (χ0) is 20.5. The first-order valence-electron chi connectivity index (χ1n) is 9.28. The molecule has 0 aromatic heterocycles. The maximum absolute atomic E-state index is 12.6. The maximum Gasteiger partial charge on any atom is 0.508 e. The van der Waals surface area contributed by atoms with Crippen molar-refractivity contribution in [1.82, 2.24) is 4.90 Å². The van der Waals surface area contributed by atoms with Gasteiger partial charge in [-0.15, -0.1) is 0 Å². The standard InChI is InChI=1S/C19H24N2O7/c1-4-15(16-14-9-10-27-19(2,3)20(14)17(16)22)28-18(23)26-11-12-5-7-13(8-6-12)21(24)25/h5-8,14-16H,4,9-11H2,1-3H3/t14-,15?,16-/m1/s1. The molecule has 3 atom stereocenters. The molecule has 1 aromatic rings. The molecule has 0 radical (unpaired) electrons. The van der Waals surface area contributed by atoms with E-state index < -0.39 is 22.9 Å². The van der Waals surface area contributed by atoms with Gasteiger partial charge in [0.2, 0.25) is 5.91 Å². The van der Waals surface area contributed by atoms with E-state index in [0.717, 1.165) is 0 Å². The number of fused-ring (bicyclic) bond motifs is 1. The Bertz CT molecular complexity index is 762. The van der Waals surface area contributed by atoms with Gasteiger partial charge in [-0.1, -0.05) is 6.92 Å². The smallest absolute Gasteiger partial charge is 0.430 e. The summed E-state index contributed by atoms with van der Waals surface area (Å²) >= 11 is 0. The zero-order valence-electron chi connectivity index (χ0n) is 16.1. The first kappa shape index (κ1) is 20.1. The van der Waals surface area contributed by atoms with E-state index in [1.54, 1.807) is 4.90 Å². The van der Waals surface area contributed by atoms with Gasteiger partial charge in [0.15, 0.2) is 0 Å². The quantitative estimate of drug-likeness (QED) is 0.317. The van der Waals surface area contributed by atoms with E-state index in [1.807, 2.05) is 20.8 Å². The van der Waals surface area contributed by atoms with Crippen molar-refractivity contribution in [3.63, 3.8) is 0 Å². The molecule has 2 heterocycles. The number of nitro benzene ring substituents is 1. The van der Waals surface area contributed by atoms with E-state index in [4.69, 9.17) is 14.2 Å². The van der Waals surface area contributed by atoms with E-state index in [-0.39, 0.29) is 30.2 Å². The average molecular weight is 392 g/mol. The Labute approximate surface area is 162 Å². The summed E-state index contributed by atoms with van der Waals surface area (Å²) in [5.41, 5.74) is -0.0805. The molecule has 3 rings (SSSR count). The minimum atomic E-state index is -0.859. The molecule has 2 fully saturated rings. The Morgan fingerprint density at radius 3 is 2.68 bits per heavy atom. The van der Waals surface area contributed by atoms with Crippen LogP contribution in [0.3, 0.4) is 0 Å². The van der Waals surface area contributed by atoms with Crippen molar-refractivity contribution >= 4 is 17.7 Å². The second-order valence-electron chi connectivity index (χ2n) is 7.41. The number of amides is 1. The number of β-lactam (4-membered cyclic amide) rings is 1. The lowest BCUT2D eigenvalue weighted by Crippen LogP contribution is -2.73. The lowest BCUT2D eigenvalue weighted by atomic mass is 9.77. The van der Waals surface area contributed by atoms with E-state index in [9.17, 15) is 19.7 Å². The first-order chi connectivity index (χ1) is 13.2. The van der Waals surface area contributed by atoms with Gasteiger partial charge in [-0.05, 0) is 44.4 Å². The minimum Gasteiger partial charge on any atom is -0.430 e. The van der Waals surface area contributed by atoms with E-state index in [2.05, 4.69) is 0 Å². The number of hydrogen-bond acceptors (Lipinski definition) is 7. The summed E-state index contributed by atoms with van der Waals surface area (Å²) in [6.07, 6.45) is -0.221. The summed E-state index contributed by atoms with van der Waals surface area (Å²) in [6, 6.07) is 5.70. The van der Waals surface area contributed by atoms with Crippen LogP contribution in [0, 0.1) is 16.0 Å². The Kier molecular flexibility index (Phi) is 5.55. The topological polar surface area (TPSA) is 108 Å². The predicted octanol–water partition coefficient (Wildman–Crippen LogP) is 3.01. The summed E-state index contributed by atoms with van der Waals surface area (Å²) < 4.78 is 16.2. The van der Waals surface area contributed by atoms with Crippen molar-refractivity contribution in [2.75, 3.05) is 6.61 Å². The normalized spacial score (nSPS) is 24.0. The molecule has 0 N–H and O–H groups in total. The largest absolute Gasteiger partial charge is 0.508 e. The lowest BCUT2D eigenvalue weighted by molar-refractivity contribution is -0.384. The summed E-state index contributed by atoms with van der Waals surface area (Å²) in [5, 5.41) is 10.7. The predicted molar refractivity (Wildman–Crippen MR) is 97.2 cm³/mol. The van der Waals surface area contributed by atoms with Gasteiger partial charge in [0.25, 0.3) is 5.69 Å². The van der Waals surface area contributed by atoms with Crippen LogP contribution in [-0.2, 0) is 25.6 Å². The number of nitro groups is 1. The van der Waals surface area contributed by atoms with Crippen molar-refractivity contribution in [3.05, 3.63) is 39.9 Å². The van der Waals surface area contributed by atoms with Crippen LogP contribution in [-0.4, -0.2) is 46.4 Å². The van der Waals surface area contributed by atoms with Crippen molar-refractivity contribution < 1.29 is 28.7 Å². The number of nitrogens with zero attached hydrogens (tertiary/aromatic N) is 2. The molecular weight excluding hydrogens is 368 g/mol. The number of benzene rings is 1. The molecule has 0 saturated carbocycles. The van der Waals surface area contributed by atoms with Crippen LogP contribution in [0.4, 0.5) is 10.5 Å². The maximum atomic E-state index is 12.6. The van der Waals surface area contributed by atoms with Crippen molar-refractivity contribution in [3.8, 4) is 0 Å². The molecule has 1 unspecified atom stereocenters. The first-order valence-corrected chi connectivity index (χ1v) is 9.28. The number of carbonyl (C=O) groups excluding carboxylic acids is 2. The number of rotatable bonds is 6. The fraction of sp³-hybridized carbons (Fsp3) is 0.579. The van der Waals surface area contributed by atoms with E-state index >= 15 is 0 Å². The highest BCUT2D eigenvalue weighted by atomic mass is 16.7. The molecule has 1 aromatic carbocycles. The summed E-state index contributed by atoms with van der Waals surface area (Å²) in [4.78, 5) is 36.6. The molecule has 2 saturated heterocycles.